The van der Waals surface area contributed by atoms with E-state index in [0.717, 1.165) is 90.5 Å². The highest BCUT2D eigenvalue weighted by Gasteiger charge is 2.27. The monoisotopic (exact) mass is 963 g/mol. The molecule has 0 amide bonds. The molecule has 0 aliphatic rings. The molecule has 0 fully saturated rings. The lowest BCUT2D eigenvalue weighted by molar-refractivity contribution is 1.19. The maximum Gasteiger partial charge on any atom is 0.0517 e. The number of benzene rings is 10. The third-order valence-corrected chi connectivity index (χ3v) is 14.3. The van der Waals surface area contributed by atoms with Gasteiger partial charge >= 0.3 is 0 Å². The summed E-state index contributed by atoms with van der Waals surface area (Å²) in [4.78, 5) is 9.76. The van der Waals surface area contributed by atoms with Gasteiger partial charge in [-0.3, -0.25) is 0 Å². The van der Waals surface area contributed by atoms with Gasteiger partial charge in [-0.1, -0.05) is 142 Å². The van der Waals surface area contributed by atoms with Crippen molar-refractivity contribution in [1.82, 2.24) is 0 Å². The van der Waals surface area contributed by atoms with E-state index in [2.05, 4.69) is 307 Å². The first kappa shape index (κ1) is 49.0. The van der Waals surface area contributed by atoms with Gasteiger partial charge in [-0.25, -0.2) is 0 Å². The fourth-order valence-corrected chi connectivity index (χ4v) is 9.89. The molecule has 0 atom stereocenters. The predicted octanol–water partition coefficient (Wildman–Crippen LogP) is 20.3. The summed E-state index contributed by atoms with van der Waals surface area (Å²) >= 11 is 0. The maximum atomic E-state index is 2.44. The molecule has 0 radical (unpaired) electrons. The standard InChI is InChI=1S/C70H66N4/c1-47-11-27-59(28-12-47)71(60-29-13-48(2)14-30-60)67-43-57(44-68(55(67)9)72(61-31-15-49(3)16-32-61)62-33-17-50(4)18-34-62)58-45-69(73(63-35-19-51(5)20-36-63)64-37-21-52(6)22-38-64)56(10)70(46-58)74(65-39-23-53(7)24-40-65)66-41-25-54(8)26-42-66/h11-46H,1-10H3. The van der Waals surface area contributed by atoms with Crippen molar-refractivity contribution in [2.45, 2.75) is 69.2 Å². The van der Waals surface area contributed by atoms with Crippen molar-refractivity contribution in [3.63, 3.8) is 0 Å². The second-order valence-electron chi connectivity index (χ2n) is 20.3. The molecule has 0 bridgehead atoms. The highest BCUT2D eigenvalue weighted by Crippen LogP contribution is 2.50. The van der Waals surface area contributed by atoms with E-state index >= 15 is 0 Å². The van der Waals surface area contributed by atoms with Crippen LogP contribution in [-0.2, 0) is 0 Å². The van der Waals surface area contributed by atoms with Crippen LogP contribution in [0.4, 0.5) is 68.2 Å². The van der Waals surface area contributed by atoms with Crippen LogP contribution in [0.2, 0.25) is 0 Å². The van der Waals surface area contributed by atoms with Gasteiger partial charge in [0.05, 0.1) is 22.7 Å². The molecule has 4 nitrogen and oxygen atoms in total. The molecule has 366 valence electrons. The van der Waals surface area contributed by atoms with Gasteiger partial charge < -0.3 is 19.6 Å². The van der Waals surface area contributed by atoms with Crippen molar-refractivity contribution in [3.8, 4) is 11.1 Å². The van der Waals surface area contributed by atoms with Gasteiger partial charge in [-0.05, 0) is 213 Å². The lowest BCUT2D eigenvalue weighted by Crippen LogP contribution is -2.17. The van der Waals surface area contributed by atoms with E-state index < -0.39 is 0 Å². The zero-order valence-corrected chi connectivity index (χ0v) is 44.6. The minimum atomic E-state index is 1.08. The van der Waals surface area contributed by atoms with Crippen molar-refractivity contribution >= 4 is 68.2 Å². The highest BCUT2D eigenvalue weighted by atomic mass is 15.2. The van der Waals surface area contributed by atoms with Crippen LogP contribution in [0.15, 0.2) is 218 Å². The molecule has 0 spiro atoms. The molecule has 10 aromatic carbocycles. The van der Waals surface area contributed by atoms with E-state index in [-0.39, 0.29) is 0 Å². The summed E-state index contributed by atoms with van der Waals surface area (Å²) in [6, 6.07) is 81.2. The smallest absolute Gasteiger partial charge is 0.0517 e. The molecule has 0 heterocycles. The molecular formula is C70H66N4. The van der Waals surface area contributed by atoms with E-state index in [0.29, 0.717) is 0 Å². The van der Waals surface area contributed by atoms with Crippen molar-refractivity contribution in [1.29, 1.82) is 0 Å². The van der Waals surface area contributed by atoms with Gasteiger partial charge in [0.15, 0.2) is 0 Å². The quantitative estimate of drug-likeness (QED) is 0.114. The van der Waals surface area contributed by atoms with Gasteiger partial charge in [0.2, 0.25) is 0 Å². The van der Waals surface area contributed by atoms with E-state index in [9.17, 15) is 0 Å². The molecule has 0 saturated heterocycles. The van der Waals surface area contributed by atoms with Crippen LogP contribution < -0.4 is 19.6 Å². The summed E-state index contributed by atoms with van der Waals surface area (Å²) in [5, 5.41) is 0. The van der Waals surface area contributed by atoms with E-state index in [1.165, 1.54) is 44.5 Å². The lowest BCUT2D eigenvalue weighted by atomic mass is 9.94. The average molecular weight is 963 g/mol. The van der Waals surface area contributed by atoms with Crippen molar-refractivity contribution in [2.75, 3.05) is 19.6 Å². The summed E-state index contributed by atoms with van der Waals surface area (Å²) in [6.45, 7) is 21.8. The molecule has 0 N–H and O–H groups in total. The normalized spacial score (nSPS) is 11.1. The summed E-state index contributed by atoms with van der Waals surface area (Å²) in [5.41, 5.74) is 27.2. The number of anilines is 12. The van der Waals surface area contributed by atoms with Crippen LogP contribution >= 0.6 is 0 Å². The van der Waals surface area contributed by atoms with Gasteiger partial charge in [0.25, 0.3) is 0 Å². The third kappa shape index (κ3) is 10.2. The second-order valence-corrected chi connectivity index (χ2v) is 20.3. The molecule has 0 saturated carbocycles. The van der Waals surface area contributed by atoms with Crippen LogP contribution in [-0.4, -0.2) is 0 Å². The Balaban J connectivity index is 1.34. The Morgan fingerprint density at radius 2 is 0.297 bits per heavy atom. The third-order valence-electron chi connectivity index (χ3n) is 14.3. The molecule has 0 aliphatic heterocycles. The van der Waals surface area contributed by atoms with Gasteiger partial charge in [0.1, 0.15) is 0 Å². The zero-order valence-electron chi connectivity index (χ0n) is 44.6. The highest BCUT2D eigenvalue weighted by molar-refractivity contribution is 5.95. The number of nitrogens with zero attached hydrogens (tertiary/aromatic N) is 4. The maximum absolute atomic E-state index is 2.44. The molecule has 10 rings (SSSR count). The Labute approximate surface area is 440 Å². The molecule has 0 unspecified atom stereocenters. The molecular weight excluding hydrogens is 897 g/mol. The van der Waals surface area contributed by atoms with Crippen molar-refractivity contribution in [3.05, 3.63) is 274 Å². The fourth-order valence-electron chi connectivity index (χ4n) is 9.89. The van der Waals surface area contributed by atoms with Crippen LogP contribution in [0.25, 0.3) is 11.1 Å². The number of rotatable bonds is 13. The molecule has 10 aromatic rings. The van der Waals surface area contributed by atoms with Gasteiger partial charge in [-0.2, -0.15) is 0 Å². The topological polar surface area (TPSA) is 13.0 Å². The number of hydrogen-bond donors (Lipinski definition) is 0. The number of aryl methyl sites for hydroxylation is 8. The average Bonchev–Trinajstić information content (AvgIpc) is 3.41. The van der Waals surface area contributed by atoms with Gasteiger partial charge in [0, 0.05) is 45.5 Å². The molecule has 0 aromatic heterocycles. The van der Waals surface area contributed by atoms with Crippen LogP contribution in [0, 0.1) is 69.2 Å². The molecule has 0 aliphatic carbocycles. The Bertz CT molecular complexity index is 2880. The first-order valence-electron chi connectivity index (χ1n) is 25.8. The van der Waals surface area contributed by atoms with Crippen molar-refractivity contribution in [2.24, 2.45) is 0 Å². The second kappa shape index (κ2) is 20.9. The Morgan fingerprint density at radius 3 is 0.419 bits per heavy atom. The molecule has 74 heavy (non-hydrogen) atoms. The fraction of sp³-hybridized carbons (Fsp3) is 0.143. The summed E-state index contributed by atoms with van der Waals surface area (Å²) in [5.74, 6) is 0. The van der Waals surface area contributed by atoms with E-state index in [1.54, 1.807) is 0 Å². The first-order chi connectivity index (χ1) is 35.8. The van der Waals surface area contributed by atoms with Crippen LogP contribution in [0.5, 0.6) is 0 Å². The predicted molar refractivity (Wildman–Crippen MR) is 318 cm³/mol. The first-order valence-corrected chi connectivity index (χ1v) is 25.8. The van der Waals surface area contributed by atoms with Crippen molar-refractivity contribution < 1.29 is 0 Å². The van der Waals surface area contributed by atoms with Crippen LogP contribution in [0.3, 0.4) is 0 Å². The minimum absolute atomic E-state index is 1.08. The zero-order chi connectivity index (χ0) is 51.6. The largest absolute Gasteiger partial charge is 0.310 e. The number of hydrogen-bond acceptors (Lipinski definition) is 4. The Morgan fingerprint density at radius 1 is 0.176 bits per heavy atom. The summed E-state index contributed by atoms with van der Waals surface area (Å²) in [7, 11) is 0. The Kier molecular flexibility index (Phi) is 13.8. The SMILES string of the molecule is Cc1ccc(N(c2ccc(C)cc2)c2cc(-c3cc(N(c4ccc(C)cc4)c4ccc(C)cc4)c(C)c(N(c4ccc(C)cc4)c4ccc(C)cc4)c3)cc(N(c3ccc(C)cc3)c3ccc(C)cc3)c2C)cc1. The minimum Gasteiger partial charge on any atom is -0.310 e. The molecule has 4 heteroatoms. The van der Waals surface area contributed by atoms with E-state index in [1.807, 2.05) is 0 Å². The van der Waals surface area contributed by atoms with Crippen LogP contribution in [0.1, 0.15) is 55.6 Å². The lowest BCUT2D eigenvalue weighted by Gasteiger charge is -2.34. The summed E-state index contributed by atoms with van der Waals surface area (Å²) < 4.78 is 0. The Hall–Kier alpha value is -8.60. The van der Waals surface area contributed by atoms with Gasteiger partial charge in [-0.15, -0.1) is 0 Å². The summed E-state index contributed by atoms with van der Waals surface area (Å²) in [6.07, 6.45) is 0. The van der Waals surface area contributed by atoms with E-state index in [4.69, 9.17) is 0 Å².